The molecular formula is C16H19NO6. The number of ether oxygens (including phenoxy) is 3. The van der Waals surface area contributed by atoms with Crippen molar-refractivity contribution < 1.29 is 28.9 Å². The van der Waals surface area contributed by atoms with Gasteiger partial charge >= 0.3 is 5.97 Å². The molecule has 7 heteroatoms. The lowest BCUT2D eigenvalue weighted by Gasteiger charge is -2.21. The quantitative estimate of drug-likeness (QED) is 0.872. The van der Waals surface area contributed by atoms with Crippen molar-refractivity contribution in [3.63, 3.8) is 0 Å². The van der Waals surface area contributed by atoms with Gasteiger partial charge in [-0.2, -0.15) is 0 Å². The van der Waals surface area contributed by atoms with E-state index in [-0.39, 0.29) is 17.9 Å². The summed E-state index contributed by atoms with van der Waals surface area (Å²) in [5, 5.41) is 11.9. The van der Waals surface area contributed by atoms with E-state index in [1.165, 1.54) is 7.11 Å². The lowest BCUT2D eigenvalue weighted by molar-refractivity contribution is -0.141. The molecule has 1 aliphatic carbocycles. The van der Waals surface area contributed by atoms with Crippen LogP contribution < -0.4 is 19.5 Å². The van der Waals surface area contributed by atoms with Gasteiger partial charge in [0.1, 0.15) is 13.2 Å². The zero-order valence-corrected chi connectivity index (χ0v) is 12.8. The number of amides is 1. The molecule has 23 heavy (non-hydrogen) atoms. The molecule has 0 saturated heterocycles. The number of nitrogens with one attached hydrogen (secondary N) is 1. The summed E-state index contributed by atoms with van der Waals surface area (Å²) in [7, 11) is 1.50. The van der Waals surface area contributed by atoms with Crippen molar-refractivity contribution in [1.82, 2.24) is 5.32 Å². The minimum Gasteiger partial charge on any atom is -0.493 e. The normalized spacial score (nSPS) is 22.5. The van der Waals surface area contributed by atoms with Crippen LogP contribution in [0, 0.1) is 5.92 Å². The van der Waals surface area contributed by atoms with Gasteiger partial charge in [0, 0.05) is 11.6 Å². The van der Waals surface area contributed by atoms with Crippen LogP contribution in [0.2, 0.25) is 0 Å². The Morgan fingerprint density at radius 2 is 2.04 bits per heavy atom. The second-order valence-electron chi connectivity index (χ2n) is 5.72. The number of methoxy groups -OCH3 is 1. The maximum Gasteiger partial charge on any atom is 0.306 e. The van der Waals surface area contributed by atoms with Crippen molar-refractivity contribution in [1.29, 1.82) is 0 Å². The van der Waals surface area contributed by atoms with Crippen LogP contribution in [-0.4, -0.2) is 43.3 Å². The van der Waals surface area contributed by atoms with Crippen molar-refractivity contribution in [3.8, 4) is 17.2 Å². The molecule has 0 bridgehead atoms. The average molecular weight is 321 g/mol. The van der Waals surface area contributed by atoms with Gasteiger partial charge in [-0.05, 0) is 31.4 Å². The zero-order valence-electron chi connectivity index (χ0n) is 12.8. The number of benzene rings is 1. The Balaban J connectivity index is 1.74. The molecule has 0 unspecified atom stereocenters. The number of carbonyl (C=O) groups is 2. The van der Waals surface area contributed by atoms with Crippen LogP contribution in [0.15, 0.2) is 12.1 Å². The maximum absolute atomic E-state index is 12.4. The van der Waals surface area contributed by atoms with Crippen molar-refractivity contribution >= 4 is 11.9 Å². The van der Waals surface area contributed by atoms with Gasteiger partial charge in [-0.1, -0.05) is 0 Å². The third-order valence-corrected chi connectivity index (χ3v) is 4.21. The first-order valence-electron chi connectivity index (χ1n) is 7.59. The Morgan fingerprint density at radius 3 is 2.74 bits per heavy atom. The van der Waals surface area contributed by atoms with Crippen LogP contribution in [0.3, 0.4) is 0 Å². The van der Waals surface area contributed by atoms with Gasteiger partial charge in [0.15, 0.2) is 11.5 Å². The Bertz CT molecular complexity index is 612. The molecule has 1 amide bonds. The fourth-order valence-corrected chi connectivity index (χ4v) is 3.01. The first kappa shape index (κ1) is 15.5. The van der Waals surface area contributed by atoms with E-state index in [0.29, 0.717) is 55.3 Å². The molecule has 0 aromatic heterocycles. The molecule has 7 nitrogen and oxygen atoms in total. The van der Waals surface area contributed by atoms with E-state index >= 15 is 0 Å². The number of carbonyl (C=O) groups excluding carboxylic acids is 1. The number of carboxylic acids is 1. The summed E-state index contributed by atoms with van der Waals surface area (Å²) in [5.74, 6) is -0.0194. The second kappa shape index (κ2) is 6.36. The van der Waals surface area contributed by atoms with Crippen LogP contribution in [-0.2, 0) is 4.79 Å². The highest BCUT2D eigenvalue weighted by atomic mass is 16.6. The summed E-state index contributed by atoms with van der Waals surface area (Å²) < 4.78 is 16.3. The van der Waals surface area contributed by atoms with E-state index in [9.17, 15) is 9.59 Å². The van der Waals surface area contributed by atoms with E-state index in [1.54, 1.807) is 12.1 Å². The Kier molecular flexibility index (Phi) is 4.27. The van der Waals surface area contributed by atoms with Crippen LogP contribution >= 0.6 is 0 Å². The van der Waals surface area contributed by atoms with Crippen molar-refractivity contribution in [2.75, 3.05) is 20.3 Å². The smallest absolute Gasteiger partial charge is 0.306 e. The van der Waals surface area contributed by atoms with Gasteiger partial charge in [-0.25, -0.2) is 0 Å². The third-order valence-electron chi connectivity index (χ3n) is 4.21. The molecule has 3 rings (SSSR count). The Labute approximate surface area is 133 Å². The molecule has 2 atom stereocenters. The summed E-state index contributed by atoms with van der Waals surface area (Å²) in [5.41, 5.74) is 0.407. The topological polar surface area (TPSA) is 94.1 Å². The van der Waals surface area contributed by atoms with E-state index in [0.717, 1.165) is 0 Å². The molecule has 124 valence electrons. The van der Waals surface area contributed by atoms with Gasteiger partial charge in [-0.15, -0.1) is 0 Å². The SMILES string of the molecule is COc1cc(C(=O)N[C@H]2CC[C@@H](C(=O)O)C2)cc2c1OCCO2. The fraction of sp³-hybridized carbons (Fsp3) is 0.500. The fourth-order valence-electron chi connectivity index (χ4n) is 3.01. The predicted molar refractivity (Wildman–Crippen MR) is 80.2 cm³/mol. The molecular weight excluding hydrogens is 302 g/mol. The highest BCUT2D eigenvalue weighted by Gasteiger charge is 2.31. The van der Waals surface area contributed by atoms with Crippen LogP contribution in [0.25, 0.3) is 0 Å². The number of carboxylic acid groups (broad SMARTS) is 1. The van der Waals surface area contributed by atoms with E-state index in [1.807, 2.05) is 0 Å². The number of aliphatic carboxylic acids is 1. The number of hydrogen-bond donors (Lipinski definition) is 2. The lowest BCUT2D eigenvalue weighted by Crippen LogP contribution is -2.33. The van der Waals surface area contributed by atoms with Gasteiger partial charge in [-0.3, -0.25) is 9.59 Å². The zero-order chi connectivity index (χ0) is 16.4. The van der Waals surface area contributed by atoms with Crippen molar-refractivity contribution in [2.45, 2.75) is 25.3 Å². The van der Waals surface area contributed by atoms with E-state index in [2.05, 4.69) is 5.32 Å². The summed E-state index contributed by atoms with van der Waals surface area (Å²) in [6.45, 7) is 0.859. The minimum absolute atomic E-state index is 0.122. The molecule has 0 radical (unpaired) electrons. The first-order chi connectivity index (χ1) is 11.1. The molecule has 1 aromatic rings. The molecule has 1 aromatic carbocycles. The highest BCUT2D eigenvalue weighted by Crippen LogP contribution is 2.40. The lowest BCUT2D eigenvalue weighted by atomic mass is 10.1. The van der Waals surface area contributed by atoms with Gasteiger partial charge in [0.2, 0.25) is 5.75 Å². The molecule has 1 heterocycles. The summed E-state index contributed by atoms with van der Waals surface area (Å²) in [6, 6.07) is 3.10. The van der Waals surface area contributed by atoms with E-state index < -0.39 is 5.97 Å². The first-order valence-corrected chi connectivity index (χ1v) is 7.59. The van der Waals surface area contributed by atoms with Gasteiger partial charge < -0.3 is 24.6 Å². The Morgan fingerprint density at radius 1 is 1.26 bits per heavy atom. The average Bonchev–Trinajstić information content (AvgIpc) is 3.02. The minimum atomic E-state index is -0.803. The molecule has 2 aliphatic rings. The van der Waals surface area contributed by atoms with Crippen LogP contribution in [0.4, 0.5) is 0 Å². The van der Waals surface area contributed by atoms with Gasteiger partial charge in [0.25, 0.3) is 5.91 Å². The third kappa shape index (κ3) is 3.18. The molecule has 1 aliphatic heterocycles. The molecule has 1 fully saturated rings. The number of rotatable bonds is 4. The Hall–Kier alpha value is -2.44. The van der Waals surface area contributed by atoms with Crippen LogP contribution in [0.1, 0.15) is 29.6 Å². The second-order valence-corrected chi connectivity index (χ2v) is 5.72. The molecule has 1 saturated carbocycles. The van der Waals surface area contributed by atoms with Crippen LogP contribution in [0.5, 0.6) is 17.2 Å². The largest absolute Gasteiger partial charge is 0.493 e. The van der Waals surface area contributed by atoms with E-state index in [4.69, 9.17) is 19.3 Å². The molecule has 2 N–H and O–H groups in total. The standard InChI is InChI=1S/C16H19NO6/c1-21-12-7-10(8-13-14(12)23-5-4-22-13)15(18)17-11-3-2-9(6-11)16(19)20/h7-9,11H,2-6H2,1H3,(H,17,18)(H,19,20)/t9-,11+/m1/s1. The number of fused-ring (bicyclic) bond motifs is 1. The molecule has 0 spiro atoms. The maximum atomic E-state index is 12.4. The monoisotopic (exact) mass is 321 g/mol. The van der Waals surface area contributed by atoms with Gasteiger partial charge in [0.05, 0.1) is 13.0 Å². The summed E-state index contributed by atoms with van der Waals surface area (Å²) >= 11 is 0. The van der Waals surface area contributed by atoms with Crippen molar-refractivity contribution in [2.24, 2.45) is 5.92 Å². The predicted octanol–water partition coefficient (Wildman–Crippen LogP) is 1.45. The number of hydrogen-bond acceptors (Lipinski definition) is 5. The summed E-state index contributed by atoms with van der Waals surface area (Å²) in [4.78, 5) is 23.4. The summed E-state index contributed by atoms with van der Waals surface area (Å²) in [6.07, 6.45) is 1.72. The van der Waals surface area contributed by atoms with Crippen molar-refractivity contribution in [3.05, 3.63) is 17.7 Å². The highest BCUT2D eigenvalue weighted by molar-refractivity contribution is 5.96.